The molecule has 4 unspecified atom stereocenters. The van der Waals surface area contributed by atoms with E-state index in [0.29, 0.717) is 24.8 Å². The first-order valence-electron chi connectivity index (χ1n) is 10.0. The molecule has 0 radical (unpaired) electrons. The molecule has 0 bridgehead atoms. The van der Waals surface area contributed by atoms with Crippen LogP contribution in [0.4, 0.5) is 0 Å². The van der Waals surface area contributed by atoms with Crippen LogP contribution in [0.1, 0.15) is 54.4 Å². The molecule has 4 atom stereocenters. The van der Waals surface area contributed by atoms with Gasteiger partial charge in [-0.05, 0) is 43.1 Å². The van der Waals surface area contributed by atoms with Gasteiger partial charge in [-0.1, -0.05) is 41.5 Å². The van der Waals surface area contributed by atoms with Crippen molar-refractivity contribution in [2.24, 2.45) is 35.3 Å². The fourth-order valence-corrected chi connectivity index (χ4v) is 3.51. The highest BCUT2D eigenvalue weighted by atomic mass is 16.2. The highest BCUT2D eigenvalue weighted by Crippen LogP contribution is 2.23. The van der Waals surface area contributed by atoms with Crippen molar-refractivity contribution in [3.8, 4) is 0 Å². The molecule has 0 rings (SSSR count). The standard InChI is InChI=1S/C20H40N4O3/c1-12(2)8-15(6)19(26)23-11-18(25)24-17(20(27)22-7)9-14(5)16(10-21)13(3)4/h12-17H,8-11,21H2,1-7H3,(H,22,27)(H,23,26)(H,24,25). The second-order valence-corrected chi connectivity index (χ2v) is 8.34. The monoisotopic (exact) mass is 384 g/mol. The lowest BCUT2D eigenvalue weighted by atomic mass is 9.81. The van der Waals surface area contributed by atoms with Crippen molar-refractivity contribution in [2.45, 2.75) is 60.4 Å². The lowest BCUT2D eigenvalue weighted by Crippen LogP contribution is -2.50. The van der Waals surface area contributed by atoms with Crippen LogP contribution in [0.5, 0.6) is 0 Å². The van der Waals surface area contributed by atoms with E-state index in [4.69, 9.17) is 5.73 Å². The van der Waals surface area contributed by atoms with Crippen LogP contribution in [0.15, 0.2) is 0 Å². The zero-order chi connectivity index (χ0) is 21.1. The van der Waals surface area contributed by atoms with Crippen molar-refractivity contribution in [2.75, 3.05) is 20.1 Å². The van der Waals surface area contributed by atoms with Gasteiger partial charge in [0.1, 0.15) is 6.04 Å². The maximum atomic E-state index is 12.2. The van der Waals surface area contributed by atoms with Gasteiger partial charge in [-0.15, -0.1) is 0 Å². The number of nitrogens with one attached hydrogen (secondary N) is 3. The van der Waals surface area contributed by atoms with Crippen LogP contribution >= 0.6 is 0 Å². The van der Waals surface area contributed by atoms with Gasteiger partial charge in [0, 0.05) is 13.0 Å². The summed E-state index contributed by atoms with van der Waals surface area (Å²) in [5.41, 5.74) is 5.87. The Labute approximate surface area is 164 Å². The number of hydrogen-bond acceptors (Lipinski definition) is 4. The van der Waals surface area contributed by atoms with Crippen molar-refractivity contribution in [3.63, 3.8) is 0 Å². The molecule has 3 amide bonds. The molecule has 0 aliphatic carbocycles. The van der Waals surface area contributed by atoms with Crippen molar-refractivity contribution in [1.82, 2.24) is 16.0 Å². The minimum absolute atomic E-state index is 0.131. The molecule has 158 valence electrons. The molecule has 27 heavy (non-hydrogen) atoms. The number of amides is 3. The van der Waals surface area contributed by atoms with Gasteiger partial charge in [-0.25, -0.2) is 0 Å². The summed E-state index contributed by atoms with van der Waals surface area (Å²) in [4.78, 5) is 36.5. The Hall–Kier alpha value is -1.63. The number of rotatable bonds is 12. The Morgan fingerprint density at radius 1 is 0.926 bits per heavy atom. The third-order valence-corrected chi connectivity index (χ3v) is 5.06. The van der Waals surface area contributed by atoms with Crippen LogP contribution in [0.3, 0.4) is 0 Å². The van der Waals surface area contributed by atoms with E-state index in [2.05, 4.69) is 50.6 Å². The van der Waals surface area contributed by atoms with E-state index in [1.54, 1.807) is 7.05 Å². The van der Waals surface area contributed by atoms with Gasteiger partial charge in [0.15, 0.2) is 0 Å². The molecule has 0 heterocycles. The summed E-state index contributed by atoms with van der Waals surface area (Å²) in [5, 5.41) is 7.99. The Morgan fingerprint density at radius 2 is 1.52 bits per heavy atom. The van der Waals surface area contributed by atoms with Crippen molar-refractivity contribution in [1.29, 1.82) is 0 Å². The Bertz CT molecular complexity index is 480. The Kier molecular flexibility index (Phi) is 11.9. The Balaban J connectivity index is 4.74. The fourth-order valence-electron chi connectivity index (χ4n) is 3.51. The summed E-state index contributed by atoms with van der Waals surface area (Å²) in [6, 6.07) is -0.643. The summed E-state index contributed by atoms with van der Waals surface area (Å²) in [5.74, 6) is 0.353. The normalized spacial score (nSPS) is 15.8. The van der Waals surface area contributed by atoms with E-state index >= 15 is 0 Å². The lowest BCUT2D eigenvalue weighted by Gasteiger charge is -2.29. The molecule has 5 N–H and O–H groups in total. The molecule has 0 spiro atoms. The van der Waals surface area contributed by atoms with Gasteiger partial charge in [-0.2, -0.15) is 0 Å². The van der Waals surface area contributed by atoms with Gasteiger partial charge >= 0.3 is 0 Å². The fraction of sp³-hybridized carbons (Fsp3) is 0.850. The van der Waals surface area contributed by atoms with Crippen molar-refractivity contribution < 1.29 is 14.4 Å². The highest BCUT2D eigenvalue weighted by Gasteiger charge is 2.27. The number of carbonyl (C=O) groups is 3. The van der Waals surface area contributed by atoms with Gasteiger partial charge < -0.3 is 21.7 Å². The maximum absolute atomic E-state index is 12.2. The van der Waals surface area contributed by atoms with E-state index in [9.17, 15) is 14.4 Å². The maximum Gasteiger partial charge on any atom is 0.242 e. The number of hydrogen-bond donors (Lipinski definition) is 4. The molecule has 0 aromatic rings. The first-order chi connectivity index (χ1) is 12.5. The van der Waals surface area contributed by atoms with Gasteiger partial charge in [0.2, 0.25) is 17.7 Å². The number of nitrogens with two attached hydrogens (primary N) is 1. The molecule has 0 aliphatic heterocycles. The van der Waals surface area contributed by atoms with Crippen LogP contribution in [0, 0.1) is 29.6 Å². The molecule has 0 saturated carbocycles. The molecular formula is C20H40N4O3. The first-order valence-corrected chi connectivity index (χ1v) is 10.0. The second-order valence-electron chi connectivity index (χ2n) is 8.34. The molecule has 7 nitrogen and oxygen atoms in total. The largest absolute Gasteiger partial charge is 0.357 e. The number of carbonyl (C=O) groups excluding carboxylic acids is 3. The molecule has 0 aromatic carbocycles. The average Bonchev–Trinajstić information content (AvgIpc) is 2.57. The summed E-state index contributed by atoms with van der Waals surface area (Å²) in [7, 11) is 1.55. The third kappa shape index (κ3) is 9.75. The van der Waals surface area contributed by atoms with Crippen LogP contribution in [-0.2, 0) is 14.4 Å². The number of likely N-dealkylation sites (N-methyl/N-ethyl adjacent to an activating group) is 1. The molecule has 0 aromatic heterocycles. The van der Waals surface area contributed by atoms with Crippen LogP contribution < -0.4 is 21.7 Å². The summed E-state index contributed by atoms with van der Waals surface area (Å²) >= 11 is 0. The SMILES string of the molecule is CNC(=O)C(CC(C)C(CN)C(C)C)NC(=O)CNC(=O)C(C)CC(C)C. The van der Waals surface area contributed by atoms with E-state index in [-0.39, 0.29) is 42.0 Å². The van der Waals surface area contributed by atoms with E-state index < -0.39 is 6.04 Å². The van der Waals surface area contributed by atoms with Crippen molar-refractivity contribution >= 4 is 17.7 Å². The zero-order valence-corrected chi connectivity index (χ0v) is 18.1. The third-order valence-electron chi connectivity index (χ3n) is 5.06. The van der Waals surface area contributed by atoms with Crippen LogP contribution in [-0.4, -0.2) is 43.9 Å². The minimum atomic E-state index is -0.643. The molecule has 7 heteroatoms. The van der Waals surface area contributed by atoms with E-state index in [1.165, 1.54) is 0 Å². The molecule has 0 fully saturated rings. The minimum Gasteiger partial charge on any atom is -0.357 e. The highest BCUT2D eigenvalue weighted by molar-refractivity contribution is 5.90. The van der Waals surface area contributed by atoms with Crippen LogP contribution in [0.2, 0.25) is 0 Å². The van der Waals surface area contributed by atoms with Gasteiger partial charge in [0.05, 0.1) is 6.54 Å². The van der Waals surface area contributed by atoms with Crippen LogP contribution in [0.25, 0.3) is 0 Å². The zero-order valence-electron chi connectivity index (χ0n) is 18.1. The van der Waals surface area contributed by atoms with E-state index in [0.717, 1.165) is 6.42 Å². The van der Waals surface area contributed by atoms with E-state index in [1.807, 2.05) is 6.92 Å². The lowest BCUT2D eigenvalue weighted by molar-refractivity contribution is -0.131. The summed E-state index contributed by atoms with van der Waals surface area (Å²) < 4.78 is 0. The van der Waals surface area contributed by atoms with Crippen molar-refractivity contribution in [3.05, 3.63) is 0 Å². The quantitative estimate of drug-likeness (QED) is 0.406. The Morgan fingerprint density at radius 3 is 1.96 bits per heavy atom. The summed E-state index contributed by atoms with van der Waals surface area (Å²) in [6.07, 6.45) is 1.27. The molecule has 0 aliphatic rings. The molecule has 0 saturated heterocycles. The summed E-state index contributed by atoms with van der Waals surface area (Å²) in [6.45, 7) is 12.6. The second kappa shape index (κ2) is 12.7. The smallest absolute Gasteiger partial charge is 0.242 e. The first kappa shape index (κ1) is 25.4. The van der Waals surface area contributed by atoms with Gasteiger partial charge in [-0.3, -0.25) is 14.4 Å². The van der Waals surface area contributed by atoms with Gasteiger partial charge in [0.25, 0.3) is 0 Å². The topological polar surface area (TPSA) is 113 Å². The predicted molar refractivity (Wildman–Crippen MR) is 109 cm³/mol. The average molecular weight is 385 g/mol. The molecular weight excluding hydrogens is 344 g/mol. The predicted octanol–water partition coefficient (Wildman–Crippen LogP) is 1.27.